The lowest BCUT2D eigenvalue weighted by atomic mass is 10.4. The largest absolute Gasteiger partial charge is 0.366 e. The van der Waals surface area contributed by atoms with Crippen LogP contribution in [0.25, 0.3) is 0 Å². The van der Waals surface area contributed by atoms with Crippen LogP contribution in [-0.2, 0) is 0 Å². The molecule has 1 rings (SSSR count). The van der Waals surface area contributed by atoms with Crippen LogP contribution < -0.4 is 16.0 Å². The van der Waals surface area contributed by atoms with Gasteiger partial charge in [0.1, 0.15) is 5.51 Å². The second-order valence-electron chi connectivity index (χ2n) is 2.54. The van der Waals surface area contributed by atoms with Crippen LogP contribution in [-0.4, -0.2) is 34.6 Å². The van der Waals surface area contributed by atoms with Crippen molar-refractivity contribution in [1.82, 2.24) is 20.0 Å². The van der Waals surface area contributed by atoms with Crippen LogP contribution in [0.2, 0.25) is 0 Å². The van der Waals surface area contributed by atoms with E-state index < -0.39 is 0 Å². The fourth-order valence-corrected chi connectivity index (χ4v) is 1.34. The highest BCUT2D eigenvalue weighted by Crippen LogP contribution is 1.98. The molecule has 0 unspecified atom stereocenters. The molecule has 1 heterocycles. The molecule has 7 heteroatoms. The van der Waals surface area contributed by atoms with Crippen LogP contribution in [0.4, 0.5) is 5.95 Å². The van der Waals surface area contributed by atoms with E-state index in [2.05, 4.69) is 25.3 Å². The van der Waals surface area contributed by atoms with Crippen molar-refractivity contribution in [2.45, 2.75) is 6.42 Å². The van der Waals surface area contributed by atoms with Gasteiger partial charge in [0.05, 0.1) is 0 Å². The molecule has 0 aromatic carbocycles. The van der Waals surface area contributed by atoms with E-state index in [0.29, 0.717) is 11.1 Å². The van der Waals surface area contributed by atoms with Crippen molar-refractivity contribution in [3.63, 3.8) is 0 Å². The summed E-state index contributed by atoms with van der Waals surface area (Å²) in [6.07, 6.45) is 0.973. The van der Waals surface area contributed by atoms with Crippen molar-refractivity contribution in [3.8, 4) is 0 Å². The van der Waals surface area contributed by atoms with Crippen molar-refractivity contribution in [1.29, 1.82) is 0 Å². The van der Waals surface area contributed by atoms with Crippen LogP contribution in [0.1, 0.15) is 6.42 Å². The predicted molar refractivity (Wildman–Crippen MR) is 62.7 cm³/mol. The van der Waals surface area contributed by atoms with Gasteiger partial charge in [-0.1, -0.05) is 0 Å². The summed E-state index contributed by atoms with van der Waals surface area (Å²) in [7, 11) is 1.80. The van der Waals surface area contributed by atoms with Crippen molar-refractivity contribution in [2.75, 3.05) is 25.5 Å². The molecule has 0 radical (unpaired) electrons. The third-order valence-corrected chi connectivity index (χ3v) is 2.34. The smallest absolute Gasteiger partial charge is 0.234 e. The summed E-state index contributed by atoms with van der Waals surface area (Å²) in [6, 6.07) is 0. The van der Waals surface area contributed by atoms with Crippen molar-refractivity contribution in [3.05, 3.63) is 5.51 Å². The minimum absolute atomic E-state index is 0.678. The molecular weight excluding hydrogens is 218 g/mol. The zero-order valence-electron chi connectivity index (χ0n) is 7.91. The van der Waals surface area contributed by atoms with Gasteiger partial charge < -0.3 is 16.0 Å². The van der Waals surface area contributed by atoms with E-state index in [1.54, 1.807) is 12.6 Å². The molecule has 0 spiro atoms. The fourth-order valence-electron chi connectivity index (χ4n) is 0.827. The average molecular weight is 231 g/mol. The van der Waals surface area contributed by atoms with Crippen molar-refractivity contribution in [2.24, 2.45) is 0 Å². The van der Waals surface area contributed by atoms with Gasteiger partial charge >= 0.3 is 0 Å². The zero-order chi connectivity index (χ0) is 10.2. The van der Waals surface area contributed by atoms with Gasteiger partial charge in [-0.2, -0.15) is 4.37 Å². The summed E-state index contributed by atoms with van der Waals surface area (Å²) >= 11 is 6.26. The van der Waals surface area contributed by atoms with E-state index in [1.165, 1.54) is 11.5 Å². The number of hydrogen-bond donors (Lipinski definition) is 3. The van der Waals surface area contributed by atoms with Crippen LogP contribution in [0.3, 0.4) is 0 Å². The highest BCUT2D eigenvalue weighted by atomic mass is 32.1. The molecule has 1 aromatic heterocycles. The minimum atomic E-state index is 0.678. The Balaban J connectivity index is 1.97. The highest BCUT2D eigenvalue weighted by molar-refractivity contribution is 7.80. The topological polar surface area (TPSA) is 61.9 Å². The summed E-state index contributed by atoms with van der Waals surface area (Å²) in [6.45, 7) is 1.69. The molecule has 1 aromatic rings. The summed E-state index contributed by atoms with van der Waals surface area (Å²) in [5.41, 5.74) is 1.71. The molecule has 0 saturated heterocycles. The maximum atomic E-state index is 4.92. The fraction of sp³-hybridized carbons (Fsp3) is 0.571. The Morgan fingerprint density at radius 1 is 1.57 bits per heavy atom. The summed E-state index contributed by atoms with van der Waals surface area (Å²) in [5.74, 6) is 0.700. The average Bonchev–Trinajstić information content (AvgIpc) is 2.69. The Kier molecular flexibility index (Phi) is 5.16. The van der Waals surface area contributed by atoms with Gasteiger partial charge in [-0.15, -0.1) is 0 Å². The number of nitrogens with zero attached hydrogens (tertiary/aromatic N) is 2. The number of anilines is 1. The second-order valence-corrected chi connectivity index (χ2v) is 3.55. The van der Waals surface area contributed by atoms with E-state index in [1.807, 2.05) is 0 Å². The van der Waals surface area contributed by atoms with Crippen LogP contribution in [0.5, 0.6) is 0 Å². The molecule has 0 aliphatic carbocycles. The first kappa shape index (κ1) is 11.1. The van der Waals surface area contributed by atoms with E-state index in [4.69, 9.17) is 12.2 Å². The van der Waals surface area contributed by atoms with Gasteiger partial charge in [-0.05, 0) is 30.2 Å². The number of rotatable bonds is 5. The molecule has 0 aliphatic rings. The molecule has 0 fully saturated rings. The van der Waals surface area contributed by atoms with Crippen LogP contribution in [0, 0.1) is 0 Å². The van der Waals surface area contributed by atoms with Gasteiger partial charge in [0.25, 0.3) is 0 Å². The van der Waals surface area contributed by atoms with E-state index in [0.717, 1.165) is 19.5 Å². The van der Waals surface area contributed by atoms with Gasteiger partial charge in [-0.25, -0.2) is 4.98 Å². The second kappa shape index (κ2) is 6.50. The van der Waals surface area contributed by atoms with Gasteiger partial charge in [0, 0.05) is 20.1 Å². The Hall–Kier alpha value is -0.950. The Labute approximate surface area is 92.5 Å². The zero-order valence-corrected chi connectivity index (χ0v) is 9.54. The summed E-state index contributed by atoms with van der Waals surface area (Å²) < 4.78 is 4.03. The maximum Gasteiger partial charge on any atom is 0.234 e. The standard InChI is InChI=1S/C7H13N5S2/c1-8-7(13)10-4-2-3-9-6-11-5-14-12-6/h5H,2-4H2,1H3,(H,9,12)(H2,8,10,13). The number of hydrogen-bond acceptors (Lipinski definition) is 5. The Morgan fingerprint density at radius 3 is 3.07 bits per heavy atom. The van der Waals surface area contributed by atoms with E-state index >= 15 is 0 Å². The van der Waals surface area contributed by atoms with Gasteiger partial charge in [-0.3, -0.25) is 0 Å². The Morgan fingerprint density at radius 2 is 2.43 bits per heavy atom. The van der Waals surface area contributed by atoms with Crippen LogP contribution >= 0.6 is 23.8 Å². The SMILES string of the molecule is CNC(=S)NCCCNc1ncsn1. The third-order valence-electron chi connectivity index (χ3n) is 1.51. The summed E-state index contributed by atoms with van der Waals surface area (Å²) in [5, 5.41) is 9.68. The van der Waals surface area contributed by atoms with Crippen LogP contribution in [0.15, 0.2) is 5.51 Å². The van der Waals surface area contributed by atoms with Crippen molar-refractivity contribution >= 4 is 34.8 Å². The lowest BCUT2D eigenvalue weighted by Crippen LogP contribution is -2.33. The molecular formula is C7H13N5S2. The first-order valence-corrected chi connectivity index (χ1v) is 5.53. The molecule has 5 nitrogen and oxygen atoms in total. The normalized spacial score (nSPS) is 9.50. The van der Waals surface area contributed by atoms with Crippen molar-refractivity contribution < 1.29 is 0 Å². The Bertz CT molecular complexity index is 261. The summed E-state index contributed by atoms with van der Waals surface area (Å²) in [4.78, 5) is 4.00. The number of thiocarbonyl (C=S) groups is 1. The van der Waals surface area contributed by atoms with Gasteiger partial charge in [0.2, 0.25) is 5.95 Å². The minimum Gasteiger partial charge on any atom is -0.366 e. The highest BCUT2D eigenvalue weighted by Gasteiger charge is 1.94. The number of nitrogens with one attached hydrogen (secondary N) is 3. The lowest BCUT2D eigenvalue weighted by molar-refractivity contribution is 0.792. The quantitative estimate of drug-likeness (QED) is 0.505. The molecule has 0 atom stereocenters. The van der Waals surface area contributed by atoms with E-state index in [-0.39, 0.29) is 0 Å². The first-order chi connectivity index (χ1) is 6.83. The monoisotopic (exact) mass is 231 g/mol. The first-order valence-electron chi connectivity index (χ1n) is 4.28. The molecule has 0 bridgehead atoms. The molecule has 14 heavy (non-hydrogen) atoms. The van der Waals surface area contributed by atoms with E-state index in [9.17, 15) is 0 Å². The maximum absolute atomic E-state index is 4.92. The lowest BCUT2D eigenvalue weighted by Gasteiger charge is -2.06. The van der Waals surface area contributed by atoms with Gasteiger partial charge in [0.15, 0.2) is 5.11 Å². The molecule has 3 N–H and O–H groups in total. The molecule has 0 aliphatic heterocycles. The molecule has 0 amide bonds. The predicted octanol–water partition coefficient (Wildman–Crippen LogP) is 0.434. The third kappa shape index (κ3) is 4.33. The number of aromatic nitrogens is 2. The molecule has 78 valence electrons. The molecule has 0 saturated carbocycles.